The zero-order chi connectivity index (χ0) is 24.9. The first kappa shape index (κ1) is 23.8. The number of rotatable bonds is 7. The van der Waals surface area contributed by atoms with E-state index in [4.69, 9.17) is 14.6 Å². The number of hydrogen-bond donors (Lipinski definition) is 1. The van der Waals surface area contributed by atoms with Crippen molar-refractivity contribution in [2.24, 2.45) is 0 Å². The van der Waals surface area contributed by atoms with Gasteiger partial charge in [-0.05, 0) is 48.4 Å². The highest BCUT2D eigenvalue weighted by molar-refractivity contribution is 5.92. The molecule has 4 rings (SSSR count). The minimum Gasteiger partial charge on any atom is -0.496 e. The Balaban J connectivity index is 1.99. The van der Waals surface area contributed by atoms with Crippen LogP contribution in [0.1, 0.15) is 25.8 Å². The first-order valence-corrected chi connectivity index (χ1v) is 11.3. The van der Waals surface area contributed by atoms with Crippen molar-refractivity contribution < 1.29 is 19.1 Å². The molecule has 0 radical (unpaired) electrons. The average Bonchev–Trinajstić information content (AvgIpc) is 3.22. The maximum Gasteiger partial charge on any atom is 0.309 e. The van der Waals surface area contributed by atoms with Gasteiger partial charge in [-0.15, -0.1) is 0 Å². The number of nitrogens with one attached hydrogen (secondary N) is 1. The number of carbonyl (C=O) groups is 2. The molecule has 4 aromatic rings. The summed E-state index contributed by atoms with van der Waals surface area (Å²) in [6, 6.07) is 22.7. The Bertz CT molecular complexity index is 1370. The van der Waals surface area contributed by atoms with Crippen LogP contribution in [0.3, 0.4) is 0 Å². The molecular formula is C28H27N3O4. The van der Waals surface area contributed by atoms with Crippen molar-refractivity contribution in [1.82, 2.24) is 9.78 Å². The van der Waals surface area contributed by atoms with E-state index < -0.39 is 5.97 Å². The molecule has 0 spiro atoms. The first-order chi connectivity index (χ1) is 16.9. The van der Waals surface area contributed by atoms with Gasteiger partial charge in [0.2, 0.25) is 11.8 Å². The van der Waals surface area contributed by atoms with Crippen LogP contribution in [0.2, 0.25) is 0 Å². The molecule has 0 bridgehead atoms. The highest BCUT2D eigenvalue weighted by atomic mass is 16.5. The van der Waals surface area contributed by atoms with Gasteiger partial charge in [0, 0.05) is 24.6 Å². The molecule has 3 aromatic carbocycles. The third kappa shape index (κ3) is 4.94. The molecule has 1 heterocycles. The Morgan fingerprint density at radius 2 is 1.66 bits per heavy atom. The summed E-state index contributed by atoms with van der Waals surface area (Å²) < 4.78 is 13.1. The van der Waals surface area contributed by atoms with E-state index in [0.29, 0.717) is 35.0 Å². The predicted octanol–water partition coefficient (Wildman–Crippen LogP) is 5.80. The van der Waals surface area contributed by atoms with E-state index in [-0.39, 0.29) is 5.91 Å². The minimum atomic E-state index is -0.459. The van der Waals surface area contributed by atoms with Crippen LogP contribution < -0.4 is 14.8 Å². The van der Waals surface area contributed by atoms with Crippen molar-refractivity contribution in [2.45, 2.75) is 27.2 Å². The Kier molecular flexibility index (Phi) is 6.96. The number of para-hydroxylation sites is 2. The van der Waals surface area contributed by atoms with Crippen molar-refractivity contribution >= 4 is 17.6 Å². The van der Waals surface area contributed by atoms with Gasteiger partial charge in [0.25, 0.3) is 0 Å². The highest BCUT2D eigenvalue weighted by Gasteiger charge is 2.26. The van der Waals surface area contributed by atoms with Gasteiger partial charge in [0.05, 0.1) is 18.4 Å². The Morgan fingerprint density at radius 1 is 0.971 bits per heavy atom. The molecule has 0 aliphatic rings. The molecule has 0 saturated carbocycles. The van der Waals surface area contributed by atoms with E-state index in [9.17, 15) is 9.59 Å². The maximum absolute atomic E-state index is 12.2. The van der Waals surface area contributed by atoms with E-state index in [1.165, 1.54) is 6.92 Å². The molecule has 7 nitrogen and oxygen atoms in total. The number of esters is 1. The summed E-state index contributed by atoms with van der Waals surface area (Å²) in [5, 5.41) is 7.78. The lowest BCUT2D eigenvalue weighted by Gasteiger charge is -2.12. The molecular weight excluding hydrogens is 442 g/mol. The summed E-state index contributed by atoms with van der Waals surface area (Å²) in [5.74, 6) is 0.419. The first-order valence-electron chi connectivity index (χ1n) is 11.3. The lowest BCUT2D eigenvalue weighted by Crippen LogP contribution is -2.09. The fraction of sp³-hybridized carbons (Fsp3) is 0.179. The Morgan fingerprint density at radius 3 is 2.31 bits per heavy atom. The molecule has 0 fully saturated rings. The summed E-state index contributed by atoms with van der Waals surface area (Å²) in [6.45, 7) is 5.14. The largest absolute Gasteiger partial charge is 0.496 e. The second-order valence-electron chi connectivity index (χ2n) is 8.00. The van der Waals surface area contributed by atoms with Gasteiger partial charge < -0.3 is 14.8 Å². The van der Waals surface area contributed by atoms with Crippen LogP contribution in [-0.4, -0.2) is 28.8 Å². The van der Waals surface area contributed by atoms with Crippen molar-refractivity contribution in [3.63, 3.8) is 0 Å². The van der Waals surface area contributed by atoms with Gasteiger partial charge in [0.15, 0.2) is 0 Å². The van der Waals surface area contributed by atoms with Crippen LogP contribution in [0.4, 0.5) is 5.69 Å². The Labute approximate surface area is 204 Å². The van der Waals surface area contributed by atoms with Crippen LogP contribution in [0.15, 0.2) is 72.8 Å². The van der Waals surface area contributed by atoms with Crippen molar-refractivity contribution in [1.29, 1.82) is 0 Å². The van der Waals surface area contributed by atoms with Crippen LogP contribution in [0, 0.1) is 6.92 Å². The predicted molar refractivity (Wildman–Crippen MR) is 136 cm³/mol. The van der Waals surface area contributed by atoms with E-state index in [1.54, 1.807) is 18.7 Å². The summed E-state index contributed by atoms with van der Waals surface area (Å²) in [4.78, 5) is 24.0. The molecule has 0 atom stereocenters. The van der Waals surface area contributed by atoms with Gasteiger partial charge in [0.1, 0.15) is 11.4 Å². The van der Waals surface area contributed by atoms with Crippen molar-refractivity contribution in [3.8, 4) is 39.7 Å². The van der Waals surface area contributed by atoms with Gasteiger partial charge in [-0.2, -0.15) is 9.78 Å². The number of anilines is 1. The quantitative estimate of drug-likeness (QED) is 0.346. The third-order valence-corrected chi connectivity index (χ3v) is 5.57. The summed E-state index contributed by atoms with van der Waals surface area (Å²) in [7, 11) is 1.61. The van der Waals surface area contributed by atoms with Crippen molar-refractivity contribution in [2.75, 3.05) is 12.4 Å². The van der Waals surface area contributed by atoms with Gasteiger partial charge in [-0.3, -0.25) is 9.59 Å². The normalized spacial score (nSPS) is 10.6. The van der Waals surface area contributed by atoms with Crippen LogP contribution in [-0.2, 0) is 9.59 Å². The maximum atomic E-state index is 12.2. The fourth-order valence-electron chi connectivity index (χ4n) is 3.86. The summed E-state index contributed by atoms with van der Waals surface area (Å²) >= 11 is 0. The van der Waals surface area contributed by atoms with Crippen molar-refractivity contribution in [3.05, 3.63) is 78.4 Å². The smallest absolute Gasteiger partial charge is 0.309 e. The van der Waals surface area contributed by atoms with E-state index in [0.717, 1.165) is 22.4 Å². The van der Waals surface area contributed by atoms with E-state index in [1.807, 2.05) is 79.7 Å². The lowest BCUT2D eigenvalue weighted by molar-refractivity contribution is -0.132. The van der Waals surface area contributed by atoms with Gasteiger partial charge in [-0.1, -0.05) is 49.4 Å². The van der Waals surface area contributed by atoms with Crippen LogP contribution >= 0.6 is 0 Å². The zero-order valence-electron chi connectivity index (χ0n) is 20.2. The Hall–Kier alpha value is -4.39. The molecule has 0 aliphatic carbocycles. The van der Waals surface area contributed by atoms with Gasteiger partial charge in [-0.25, -0.2) is 0 Å². The zero-order valence-corrected chi connectivity index (χ0v) is 20.2. The summed E-state index contributed by atoms with van der Waals surface area (Å²) in [5.41, 5.74) is 5.22. The highest BCUT2D eigenvalue weighted by Crippen LogP contribution is 2.44. The molecule has 178 valence electrons. The molecule has 0 unspecified atom stereocenters. The number of aromatic nitrogens is 2. The SMILES string of the molecule is CCC(=O)Nc1ccc(-c2c(-c3ccccc3OC)nn(-c3ccccc3C)c2OC(C)=O)cc1. The molecule has 1 N–H and O–H groups in total. The van der Waals surface area contributed by atoms with Crippen LogP contribution in [0.25, 0.3) is 28.1 Å². The number of aryl methyl sites for hydroxylation is 1. The fourth-order valence-corrected chi connectivity index (χ4v) is 3.86. The molecule has 1 amide bonds. The number of amides is 1. The minimum absolute atomic E-state index is 0.0690. The number of nitrogens with zero attached hydrogens (tertiary/aromatic N) is 2. The molecule has 0 saturated heterocycles. The monoisotopic (exact) mass is 469 g/mol. The van der Waals surface area contributed by atoms with E-state index >= 15 is 0 Å². The third-order valence-electron chi connectivity index (χ3n) is 5.57. The molecule has 7 heteroatoms. The molecule has 35 heavy (non-hydrogen) atoms. The number of carbonyl (C=O) groups excluding carboxylic acids is 2. The summed E-state index contributed by atoms with van der Waals surface area (Å²) in [6.07, 6.45) is 0.388. The molecule has 0 aliphatic heterocycles. The number of methoxy groups -OCH3 is 1. The standard InChI is InChI=1S/C28H27N3O4/c1-5-25(33)29-21-16-14-20(15-17-21)26-27(22-11-7-9-13-24(22)34-4)30-31(28(26)35-19(3)32)23-12-8-6-10-18(23)2/h6-17H,5H2,1-4H3,(H,29,33). The second-order valence-corrected chi connectivity index (χ2v) is 8.00. The van der Waals surface area contributed by atoms with E-state index in [2.05, 4.69) is 5.32 Å². The molecule has 1 aromatic heterocycles. The van der Waals surface area contributed by atoms with Gasteiger partial charge >= 0.3 is 5.97 Å². The topological polar surface area (TPSA) is 82.4 Å². The second kappa shape index (κ2) is 10.3. The number of ether oxygens (including phenoxy) is 2. The number of benzene rings is 3. The lowest BCUT2D eigenvalue weighted by atomic mass is 10.00. The average molecular weight is 470 g/mol. The van der Waals surface area contributed by atoms with Crippen LogP contribution in [0.5, 0.6) is 11.6 Å². The number of hydrogen-bond acceptors (Lipinski definition) is 5.